The van der Waals surface area contributed by atoms with Gasteiger partial charge in [-0.1, -0.05) is 78.9 Å². The molecule has 2 atom stereocenters. The number of carbonyl (C=O) groups excluding carboxylic acids is 3. The van der Waals surface area contributed by atoms with E-state index in [-0.39, 0.29) is 13.0 Å². The van der Waals surface area contributed by atoms with Gasteiger partial charge < -0.3 is 20.1 Å². The summed E-state index contributed by atoms with van der Waals surface area (Å²) >= 11 is 0. The normalized spacial score (nSPS) is 12.2. The molecule has 0 radical (unpaired) electrons. The van der Waals surface area contributed by atoms with Gasteiger partial charge in [-0.2, -0.15) is 0 Å². The van der Waals surface area contributed by atoms with Crippen LogP contribution in [0.3, 0.4) is 0 Å². The Morgan fingerprint density at radius 3 is 2.06 bits per heavy atom. The van der Waals surface area contributed by atoms with Crippen molar-refractivity contribution in [3.05, 3.63) is 102 Å². The molecule has 34 heavy (non-hydrogen) atoms. The first kappa shape index (κ1) is 24.5. The first-order chi connectivity index (χ1) is 16.4. The summed E-state index contributed by atoms with van der Waals surface area (Å²) in [4.78, 5) is 37.9. The summed E-state index contributed by atoms with van der Waals surface area (Å²) in [5, 5.41) is 5.33. The maximum Gasteiger partial charge on any atom is 0.408 e. The van der Waals surface area contributed by atoms with E-state index >= 15 is 0 Å². The number of esters is 1. The van der Waals surface area contributed by atoms with Crippen LogP contribution in [0, 0.1) is 6.92 Å². The van der Waals surface area contributed by atoms with Crippen molar-refractivity contribution < 1.29 is 23.9 Å². The molecule has 0 aliphatic heterocycles. The van der Waals surface area contributed by atoms with E-state index in [2.05, 4.69) is 10.6 Å². The molecule has 2 amide bonds. The van der Waals surface area contributed by atoms with Crippen LogP contribution < -0.4 is 10.6 Å². The Morgan fingerprint density at radius 2 is 1.41 bits per heavy atom. The third-order valence-corrected chi connectivity index (χ3v) is 5.14. The highest BCUT2D eigenvalue weighted by atomic mass is 16.6. The lowest BCUT2D eigenvalue weighted by Crippen LogP contribution is -2.45. The van der Waals surface area contributed by atoms with Crippen LogP contribution in [0.1, 0.15) is 23.6 Å². The summed E-state index contributed by atoms with van der Waals surface area (Å²) in [6.45, 7) is 3.42. The lowest BCUT2D eigenvalue weighted by atomic mass is 10.1. The number of alkyl carbamates (subject to hydrolysis) is 1. The van der Waals surface area contributed by atoms with E-state index in [1.807, 2.05) is 79.7 Å². The minimum Gasteiger partial charge on any atom is -0.451 e. The largest absolute Gasteiger partial charge is 0.451 e. The van der Waals surface area contributed by atoms with Crippen molar-refractivity contribution >= 4 is 23.7 Å². The Morgan fingerprint density at radius 1 is 0.824 bits per heavy atom. The Bertz CT molecular complexity index is 1100. The molecule has 3 aromatic rings. The fraction of sp³-hybridized carbons (Fsp3) is 0.222. The van der Waals surface area contributed by atoms with Crippen molar-refractivity contribution in [2.24, 2.45) is 0 Å². The molecule has 1 unspecified atom stereocenters. The first-order valence-corrected chi connectivity index (χ1v) is 11.0. The third-order valence-electron chi connectivity index (χ3n) is 5.14. The number of aryl methyl sites for hydroxylation is 1. The molecule has 3 rings (SSSR count). The van der Waals surface area contributed by atoms with Gasteiger partial charge in [0.1, 0.15) is 12.6 Å². The number of nitrogens with one attached hydrogen (secondary N) is 2. The predicted octanol–water partition coefficient (Wildman–Crippen LogP) is 4.40. The molecule has 0 saturated heterocycles. The minimum absolute atomic E-state index is 0.0645. The van der Waals surface area contributed by atoms with Crippen molar-refractivity contribution in [1.82, 2.24) is 5.32 Å². The van der Waals surface area contributed by atoms with E-state index in [0.29, 0.717) is 5.69 Å². The molecule has 0 bridgehead atoms. The topological polar surface area (TPSA) is 93.7 Å². The van der Waals surface area contributed by atoms with Crippen LogP contribution in [0.5, 0.6) is 0 Å². The number of para-hydroxylation sites is 1. The summed E-state index contributed by atoms with van der Waals surface area (Å²) in [6.07, 6.45) is -1.63. The maximum atomic E-state index is 12.9. The van der Waals surface area contributed by atoms with Crippen molar-refractivity contribution in [2.75, 3.05) is 5.32 Å². The fourth-order valence-electron chi connectivity index (χ4n) is 3.21. The van der Waals surface area contributed by atoms with E-state index in [4.69, 9.17) is 9.47 Å². The number of hydrogen-bond acceptors (Lipinski definition) is 5. The number of amides is 2. The zero-order chi connectivity index (χ0) is 24.3. The second kappa shape index (κ2) is 12.2. The number of anilines is 1. The van der Waals surface area contributed by atoms with E-state index in [0.717, 1.165) is 16.7 Å². The molecule has 0 aliphatic rings. The second-order valence-corrected chi connectivity index (χ2v) is 7.83. The van der Waals surface area contributed by atoms with E-state index in [9.17, 15) is 14.4 Å². The Kier molecular flexibility index (Phi) is 8.80. The van der Waals surface area contributed by atoms with Gasteiger partial charge in [0.05, 0.1) is 0 Å². The van der Waals surface area contributed by atoms with Crippen LogP contribution in [0.2, 0.25) is 0 Å². The van der Waals surface area contributed by atoms with Gasteiger partial charge >= 0.3 is 12.1 Å². The van der Waals surface area contributed by atoms with Crippen molar-refractivity contribution in [3.8, 4) is 0 Å². The molecule has 0 spiro atoms. The van der Waals surface area contributed by atoms with Crippen molar-refractivity contribution in [3.63, 3.8) is 0 Å². The highest BCUT2D eigenvalue weighted by molar-refractivity contribution is 5.96. The van der Waals surface area contributed by atoms with Crippen molar-refractivity contribution in [1.29, 1.82) is 0 Å². The van der Waals surface area contributed by atoms with E-state index in [1.165, 1.54) is 6.92 Å². The molecular weight excluding hydrogens is 432 g/mol. The molecule has 0 heterocycles. The molecule has 0 saturated carbocycles. The van der Waals surface area contributed by atoms with Gasteiger partial charge in [-0.25, -0.2) is 9.59 Å². The monoisotopic (exact) mass is 460 g/mol. The standard InChI is InChI=1S/C27H28N2O5/c1-19-11-9-10-16-23(19)28-25(30)20(2)34-26(31)24(17-21-12-5-3-6-13-21)29-27(32)33-18-22-14-7-4-8-15-22/h3-16,20,24H,17-18H2,1-2H3,(H,28,30)(H,29,32)/t20?,24-/m0/s1. The Hall–Kier alpha value is -4.13. The summed E-state index contributed by atoms with van der Waals surface area (Å²) in [5.74, 6) is -1.19. The molecule has 2 N–H and O–H groups in total. The lowest BCUT2D eigenvalue weighted by molar-refractivity contribution is -0.155. The van der Waals surface area contributed by atoms with Crippen molar-refractivity contribution in [2.45, 2.75) is 39.0 Å². The molecular formula is C27H28N2O5. The van der Waals surface area contributed by atoms with Crippen LogP contribution in [-0.2, 0) is 32.1 Å². The Balaban J connectivity index is 1.62. The summed E-state index contributed by atoms with van der Waals surface area (Å²) in [5.41, 5.74) is 3.17. The Labute approximate surface area is 199 Å². The number of carbonyl (C=O) groups is 3. The van der Waals surface area contributed by atoms with Gasteiger partial charge in [0, 0.05) is 12.1 Å². The minimum atomic E-state index is -1.06. The quantitative estimate of drug-likeness (QED) is 0.462. The molecule has 7 heteroatoms. The molecule has 176 valence electrons. The van der Waals surface area contributed by atoms with Gasteiger partial charge in [-0.15, -0.1) is 0 Å². The third kappa shape index (κ3) is 7.48. The smallest absolute Gasteiger partial charge is 0.408 e. The molecule has 0 aliphatic carbocycles. The van der Waals surface area contributed by atoms with Gasteiger partial charge in [0.25, 0.3) is 5.91 Å². The molecule has 0 fully saturated rings. The second-order valence-electron chi connectivity index (χ2n) is 7.83. The molecule has 7 nitrogen and oxygen atoms in total. The highest BCUT2D eigenvalue weighted by Gasteiger charge is 2.27. The number of rotatable bonds is 9. The number of benzene rings is 3. The van der Waals surface area contributed by atoms with Gasteiger partial charge in [0.15, 0.2) is 6.10 Å². The lowest BCUT2D eigenvalue weighted by Gasteiger charge is -2.20. The summed E-state index contributed by atoms with van der Waals surface area (Å²) < 4.78 is 10.7. The average molecular weight is 461 g/mol. The van der Waals surface area contributed by atoms with Gasteiger partial charge in [-0.05, 0) is 36.6 Å². The van der Waals surface area contributed by atoms with Crippen LogP contribution in [0.15, 0.2) is 84.9 Å². The predicted molar refractivity (Wildman–Crippen MR) is 129 cm³/mol. The molecule has 3 aromatic carbocycles. The highest BCUT2D eigenvalue weighted by Crippen LogP contribution is 2.14. The number of ether oxygens (including phenoxy) is 2. The zero-order valence-corrected chi connectivity index (χ0v) is 19.2. The van der Waals surface area contributed by atoms with Crippen LogP contribution in [0.25, 0.3) is 0 Å². The number of hydrogen-bond donors (Lipinski definition) is 2. The first-order valence-electron chi connectivity index (χ1n) is 11.0. The van der Waals surface area contributed by atoms with E-state index < -0.39 is 30.1 Å². The van der Waals surface area contributed by atoms with E-state index in [1.54, 1.807) is 12.1 Å². The van der Waals surface area contributed by atoms with Crippen LogP contribution in [-0.4, -0.2) is 30.1 Å². The SMILES string of the molecule is Cc1ccccc1NC(=O)C(C)OC(=O)[C@H](Cc1ccccc1)NC(=O)OCc1ccccc1. The van der Waals surface area contributed by atoms with Crippen LogP contribution in [0.4, 0.5) is 10.5 Å². The average Bonchev–Trinajstić information content (AvgIpc) is 2.85. The van der Waals surface area contributed by atoms with Gasteiger partial charge in [0.2, 0.25) is 0 Å². The summed E-state index contributed by atoms with van der Waals surface area (Å²) in [7, 11) is 0. The van der Waals surface area contributed by atoms with Gasteiger partial charge in [-0.3, -0.25) is 4.79 Å². The fourth-order valence-corrected chi connectivity index (χ4v) is 3.21. The van der Waals surface area contributed by atoms with Crippen LogP contribution >= 0.6 is 0 Å². The summed E-state index contributed by atoms with van der Waals surface area (Å²) in [6, 6.07) is 24.7. The maximum absolute atomic E-state index is 12.9. The molecule has 0 aromatic heterocycles. The zero-order valence-electron chi connectivity index (χ0n) is 19.2.